The number of rotatable bonds is 3. The third kappa shape index (κ3) is 3.10. The van der Waals surface area contributed by atoms with Gasteiger partial charge >= 0.3 is 0 Å². The molecule has 0 radical (unpaired) electrons. The van der Waals surface area contributed by atoms with Crippen LogP contribution in [-0.2, 0) is 10.0 Å². The van der Waals surface area contributed by atoms with E-state index >= 15 is 0 Å². The molecule has 100 valence electrons. The van der Waals surface area contributed by atoms with Crippen molar-refractivity contribution in [2.45, 2.75) is 18.7 Å². The maximum atomic E-state index is 11.4. The average Bonchev–Trinajstić information content (AvgIpc) is 2.32. The fraction of sp³-hybridized carbons (Fsp3) is 0.154. The number of nitrogens with zero attached hydrogens (tertiary/aromatic N) is 1. The first-order valence-electron chi connectivity index (χ1n) is 5.61. The van der Waals surface area contributed by atoms with E-state index in [1.165, 1.54) is 18.3 Å². The summed E-state index contributed by atoms with van der Waals surface area (Å²) in [6.45, 7) is 3.84. The zero-order valence-electron chi connectivity index (χ0n) is 10.6. The van der Waals surface area contributed by atoms with E-state index in [4.69, 9.17) is 9.88 Å². The second-order valence-electron chi connectivity index (χ2n) is 4.22. The molecule has 0 atom stereocenters. The maximum absolute atomic E-state index is 11.4. The Labute approximate surface area is 112 Å². The molecule has 2 aromatic rings. The van der Waals surface area contributed by atoms with Crippen molar-refractivity contribution in [3.8, 4) is 11.6 Å². The number of benzene rings is 1. The van der Waals surface area contributed by atoms with Gasteiger partial charge in [0.05, 0.1) is 0 Å². The van der Waals surface area contributed by atoms with Crippen molar-refractivity contribution < 1.29 is 13.2 Å². The number of ether oxygens (including phenoxy) is 1. The van der Waals surface area contributed by atoms with Crippen LogP contribution in [-0.4, -0.2) is 13.4 Å². The molecular weight excluding hydrogens is 264 g/mol. The minimum atomic E-state index is -3.86. The van der Waals surface area contributed by atoms with Crippen molar-refractivity contribution in [3.63, 3.8) is 0 Å². The van der Waals surface area contributed by atoms with E-state index < -0.39 is 10.0 Å². The van der Waals surface area contributed by atoms with Crippen LogP contribution in [0.1, 0.15) is 11.1 Å². The lowest BCUT2D eigenvalue weighted by Crippen LogP contribution is -2.13. The van der Waals surface area contributed by atoms with Gasteiger partial charge in [0.25, 0.3) is 0 Å². The molecule has 6 heteroatoms. The van der Waals surface area contributed by atoms with Crippen LogP contribution in [0.4, 0.5) is 0 Å². The second kappa shape index (κ2) is 4.99. The third-order valence-corrected chi connectivity index (χ3v) is 3.50. The Morgan fingerprint density at radius 2 is 1.95 bits per heavy atom. The molecule has 1 heterocycles. The van der Waals surface area contributed by atoms with Crippen LogP contribution in [0.5, 0.6) is 11.6 Å². The first kappa shape index (κ1) is 13.5. The van der Waals surface area contributed by atoms with E-state index in [1.807, 2.05) is 26.0 Å². The van der Waals surface area contributed by atoms with Gasteiger partial charge in [-0.15, -0.1) is 0 Å². The maximum Gasteiger partial charge on any atom is 0.243 e. The second-order valence-corrected chi connectivity index (χ2v) is 5.75. The van der Waals surface area contributed by atoms with E-state index in [0.29, 0.717) is 5.75 Å². The zero-order chi connectivity index (χ0) is 14.0. The van der Waals surface area contributed by atoms with Crippen LogP contribution in [0.3, 0.4) is 0 Å². The summed E-state index contributed by atoms with van der Waals surface area (Å²) in [5.74, 6) is 0.533. The molecule has 0 bridgehead atoms. The topological polar surface area (TPSA) is 82.3 Å². The molecule has 5 nitrogen and oxygen atoms in total. The molecule has 0 unspecified atom stereocenters. The van der Waals surface area contributed by atoms with Crippen molar-refractivity contribution in [3.05, 3.63) is 47.7 Å². The van der Waals surface area contributed by atoms with E-state index in [9.17, 15) is 8.42 Å². The van der Waals surface area contributed by atoms with Crippen LogP contribution in [0.15, 0.2) is 41.4 Å². The van der Waals surface area contributed by atoms with E-state index in [0.717, 1.165) is 11.1 Å². The lowest BCUT2D eigenvalue weighted by molar-refractivity contribution is 0.444. The van der Waals surface area contributed by atoms with Crippen LogP contribution < -0.4 is 9.88 Å². The Kier molecular flexibility index (Phi) is 3.55. The minimum absolute atomic E-state index is 0.0167. The van der Waals surface area contributed by atoms with Gasteiger partial charge in [-0.2, -0.15) is 0 Å². The van der Waals surface area contributed by atoms with Crippen molar-refractivity contribution in [1.82, 2.24) is 4.98 Å². The number of hydrogen-bond acceptors (Lipinski definition) is 4. The number of nitrogens with two attached hydrogens (primary N) is 1. The number of aryl methyl sites for hydroxylation is 2. The molecule has 1 aromatic carbocycles. The van der Waals surface area contributed by atoms with Gasteiger partial charge in [-0.05, 0) is 37.6 Å². The summed E-state index contributed by atoms with van der Waals surface area (Å²) in [6.07, 6.45) is 1.45. The van der Waals surface area contributed by atoms with Gasteiger partial charge in [-0.25, -0.2) is 18.5 Å². The van der Waals surface area contributed by atoms with Gasteiger partial charge in [0.2, 0.25) is 15.9 Å². The Balaban J connectivity index is 2.44. The van der Waals surface area contributed by atoms with Gasteiger partial charge in [-0.1, -0.05) is 17.7 Å². The molecule has 0 aliphatic heterocycles. The summed E-state index contributed by atoms with van der Waals surface area (Å²) in [6, 6.07) is 8.44. The highest BCUT2D eigenvalue weighted by Crippen LogP contribution is 2.28. The lowest BCUT2D eigenvalue weighted by atomic mass is 10.1. The average molecular weight is 278 g/mol. The molecule has 19 heavy (non-hydrogen) atoms. The van der Waals surface area contributed by atoms with E-state index in [1.54, 1.807) is 6.07 Å². The highest BCUT2D eigenvalue weighted by molar-refractivity contribution is 7.89. The molecule has 0 saturated carbocycles. The summed E-state index contributed by atoms with van der Waals surface area (Å²) < 4.78 is 28.4. The zero-order valence-corrected chi connectivity index (χ0v) is 11.4. The molecular formula is C13H14N2O3S. The number of pyridine rings is 1. The third-order valence-electron chi connectivity index (χ3n) is 2.58. The van der Waals surface area contributed by atoms with E-state index in [2.05, 4.69) is 4.98 Å². The molecule has 2 rings (SSSR count). The summed E-state index contributed by atoms with van der Waals surface area (Å²) in [5.41, 5.74) is 1.99. The molecule has 0 aliphatic carbocycles. The smallest absolute Gasteiger partial charge is 0.243 e. The predicted octanol–water partition coefficient (Wildman–Crippen LogP) is 2.14. The number of sulfonamides is 1. The summed E-state index contributed by atoms with van der Waals surface area (Å²) in [4.78, 5) is 3.79. The van der Waals surface area contributed by atoms with E-state index in [-0.39, 0.29) is 10.8 Å². The van der Waals surface area contributed by atoms with Gasteiger partial charge in [0, 0.05) is 6.20 Å². The molecule has 0 fully saturated rings. The van der Waals surface area contributed by atoms with Crippen LogP contribution in [0.2, 0.25) is 0 Å². The number of hydrogen-bond donors (Lipinski definition) is 1. The standard InChI is InChI=1S/C13H14N2O3S/c1-9-5-6-11(10(2)8-9)18-13-12(19(14,16)17)4-3-7-15-13/h3-8H,1-2H3,(H2,14,16,17). The summed E-state index contributed by atoms with van der Waals surface area (Å²) >= 11 is 0. The minimum Gasteiger partial charge on any atom is -0.437 e. The molecule has 0 saturated heterocycles. The lowest BCUT2D eigenvalue weighted by Gasteiger charge is -2.10. The Bertz CT molecular complexity index is 712. The van der Waals surface area contributed by atoms with Crippen LogP contribution in [0, 0.1) is 13.8 Å². The Hall–Kier alpha value is -1.92. The van der Waals surface area contributed by atoms with Gasteiger partial charge < -0.3 is 4.74 Å². The molecule has 0 aliphatic rings. The van der Waals surface area contributed by atoms with Crippen molar-refractivity contribution in [2.75, 3.05) is 0 Å². The summed E-state index contributed by atoms with van der Waals surface area (Å²) in [7, 11) is -3.86. The quantitative estimate of drug-likeness (QED) is 0.932. The first-order valence-corrected chi connectivity index (χ1v) is 7.15. The van der Waals surface area contributed by atoms with Crippen LogP contribution >= 0.6 is 0 Å². The molecule has 0 amide bonds. The molecule has 1 aromatic heterocycles. The van der Waals surface area contributed by atoms with Gasteiger partial charge in [-0.3, -0.25) is 0 Å². The van der Waals surface area contributed by atoms with Gasteiger partial charge in [0.15, 0.2) is 0 Å². The van der Waals surface area contributed by atoms with Crippen molar-refractivity contribution in [2.24, 2.45) is 5.14 Å². The molecule has 0 spiro atoms. The highest BCUT2D eigenvalue weighted by Gasteiger charge is 2.17. The monoisotopic (exact) mass is 278 g/mol. The van der Waals surface area contributed by atoms with Crippen molar-refractivity contribution >= 4 is 10.0 Å². The largest absolute Gasteiger partial charge is 0.437 e. The van der Waals surface area contributed by atoms with Crippen molar-refractivity contribution in [1.29, 1.82) is 0 Å². The Morgan fingerprint density at radius 1 is 1.21 bits per heavy atom. The Morgan fingerprint density at radius 3 is 2.58 bits per heavy atom. The van der Waals surface area contributed by atoms with Gasteiger partial charge in [0.1, 0.15) is 10.6 Å². The van der Waals surface area contributed by atoms with Crippen LogP contribution in [0.25, 0.3) is 0 Å². The fourth-order valence-electron chi connectivity index (χ4n) is 1.69. The first-order chi connectivity index (χ1) is 8.88. The predicted molar refractivity (Wildman–Crippen MR) is 71.6 cm³/mol. The number of aromatic nitrogens is 1. The summed E-state index contributed by atoms with van der Waals surface area (Å²) in [5, 5.41) is 5.13. The SMILES string of the molecule is Cc1ccc(Oc2ncccc2S(N)(=O)=O)c(C)c1. The molecule has 2 N–H and O–H groups in total. The highest BCUT2D eigenvalue weighted by atomic mass is 32.2. The fourth-order valence-corrected chi connectivity index (χ4v) is 2.29. The normalized spacial score (nSPS) is 11.3. The number of primary sulfonamides is 1.